The Labute approximate surface area is 182 Å². The van der Waals surface area contributed by atoms with Gasteiger partial charge in [0.1, 0.15) is 11.6 Å². The highest BCUT2D eigenvalue weighted by molar-refractivity contribution is 9.10. The van der Waals surface area contributed by atoms with Gasteiger partial charge in [-0.3, -0.25) is 9.52 Å². The summed E-state index contributed by atoms with van der Waals surface area (Å²) in [6, 6.07) is 16.0. The minimum Gasteiger partial charge on any atom is -0.493 e. The van der Waals surface area contributed by atoms with Gasteiger partial charge in [-0.1, -0.05) is 18.2 Å². The highest BCUT2D eigenvalue weighted by atomic mass is 79.9. The van der Waals surface area contributed by atoms with Crippen molar-refractivity contribution in [1.29, 1.82) is 0 Å². The van der Waals surface area contributed by atoms with Crippen molar-refractivity contribution in [2.75, 3.05) is 16.6 Å². The second kappa shape index (κ2) is 9.27. The van der Waals surface area contributed by atoms with Gasteiger partial charge >= 0.3 is 0 Å². The predicted octanol–water partition coefficient (Wildman–Crippen LogP) is 5.04. The van der Waals surface area contributed by atoms with Crippen LogP contribution < -0.4 is 14.8 Å². The summed E-state index contributed by atoms with van der Waals surface area (Å²) in [5.74, 6) is -0.745. The number of carbonyl (C=O) groups is 1. The van der Waals surface area contributed by atoms with Gasteiger partial charge in [-0.05, 0) is 71.4 Å². The molecule has 6 nitrogen and oxygen atoms in total. The van der Waals surface area contributed by atoms with Crippen molar-refractivity contribution in [3.8, 4) is 5.75 Å². The number of hydrogen-bond acceptors (Lipinski definition) is 4. The van der Waals surface area contributed by atoms with E-state index >= 15 is 0 Å². The number of nitrogens with one attached hydrogen (secondary N) is 2. The standard InChI is InChI=1S/C21H18BrFN2O4S/c1-2-29-20-11-10-15(13-18(20)22)25-30(27,28)16-7-5-6-14(12-16)24-21(26)17-8-3-4-9-19(17)23/h3-13,25H,2H2,1H3,(H,24,26). The molecule has 0 spiro atoms. The topological polar surface area (TPSA) is 84.5 Å². The van der Waals surface area contributed by atoms with Gasteiger partial charge in [-0.15, -0.1) is 0 Å². The molecular formula is C21H18BrFN2O4S. The summed E-state index contributed by atoms with van der Waals surface area (Å²) in [5.41, 5.74) is 0.424. The predicted molar refractivity (Wildman–Crippen MR) is 117 cm³/mol. The summed E-state index contributed by atoms with van der Waals surface area (Å²) in [6.45, 7) is 2.33. The zero-order valence-electron chi connectivity index (χ0n) is 15.9. The van der Waals surface area contributed by atoms with Gasteiger partial charge in [-0.2, -0.15) is 0 Å². The summed E-state index contributed by atoms with van der Waals surface area (Å²) < 4.78 is 47.8. The Kier molecular flexibility index (Phi) is 6.73. The molecule has 0 bridgehead atoms. The van der Waals surface area contributed by atoms with E-state index in [1.807, 2.05) is 6.92 Å². The first-order chi connectivity index (χ1) is 14.3. The van der Waals surface area contributed by atoms with E-state index in [0.29, 0.717) is 22.5 Å². The van der Waals surface area contributed by atoms with Crippen molar-refractivity contribution < 1.29 is 22.3 Å². The van der Waals surface area contributed by atoms with Crippen molar-refractivity contribution in [3.63, 3.8) is 0 Å². The Hall–Kier alpha value is -2.91. The highest BCUT2D eigenvalue weighted by Gasteiger charge is 2.17. The van der Waals surface area contributed by atoms with Crippen LogP contribution in [0.25, 0.3) is 0 Å². The van der Waals surface area contributed by atoms with Gasteiger partial charge in [0.05, 0.1) is 27.2 Å². The largest absolute Gasteiger partial charge is 0.493 e. The monoisotopic (exact) mass is 492 g/mol. The third kappa shape index (κ3) is 5.17. The van der Waals surface area contributed by atoms with Crippen molar-refractivity contribution in [2.45, 2.75) is 11.8 Å². The minimum atomic E-state index is -3.92. The molecule has 3 aromatic carbocycles. The minimum absolute atomic E-state index is 0.0566. The quantitative estimate of drug-likeness (QED) is 0.483. The molecule has 0 aliphatic rings. The Morgan fingerprint density at radius 1 is 1.03 bits per heavy atom. The molecule has 0 aliphatic heterocycles. The van der Waals surface area contributed by atoms with Crippen LogP contribution in [-0.4, -0.2) is 20.9 Å². The maximum absolute atomic E-state index is 13.8. The molecule has 1 amide bonds. The zero-order chi connectivity index (χ0) is 21.7. The average Bonchev–Trinajstić information content (AvgIpc) is 2.70. The molecule has 0 fully saturated rings. The van der Waals surface area contributed by atoms with Crippen LogP contribution >= 0.6 is 15.9 Å². The zero-order valence-corrected chi connectivity index (χ0v) is 18.3. The van der Waals surface area contributed by atoms with E-state index in [4.69, 9.17) is 4.74 Å². The van der Waals surface area contributed by atoms with Crippen molar-refractivity contribution in [1.82, 2.24) is 0 Å². The third-order valence-corrected chi connectivity index (χ3v) is 6.00. The lowest BCUT2D eigenvalue weighted by Crippen LogP contribution is -2.16. The summed E-state index contributed by atoms with van der Waals surface area (Å²) in [6.07, 6.45) is 0. The number of hydrogen-bond donors (Lipinski definition) is 2. The van der Waals surface area contributed by atoms with E-state index in [9.17, 15) is 17.6 Å². The van der Waals surface area contributed by atoms with Gasteiger partial charge < -0.3 is 10.1 Å². The smallest absolute Gasteiger partial charge is 0.261 e. The molecule has 0 aliphatic carbocycles. The molecule has 156 valence electrons. The highest BCUT2D eigenvalue weighted by Crippen LogP contribution is 2.29. The summed E-state index contributed by atoms with van der Waals surface area (Å²) in [5, 5.41) is 2.51. The van der Waals surface area contributed by atoms with Crippen LogP contribution in [0, 0.1) is 5.82 Å². The molecule has 0 saturated heterocycles. The van der Waals surface area contributed by atoms with Gasteiger partial charge in [0.15, 0.2) is 0 Å². The second-order valence-electron chi connectivity index (χ2n) is 6.15. The number of ether oxygens (including phenoxy) is 1. The lowest BCUT2D eigenvalue weighted by atomic mass is 10.2. The molecule has 3 rings (SSSR count). The molecule has 9 heteroatoms. The number of carbonyl (C=O) groups excluding carboxylic acids is 1. The summed E-state index contributed by atoms with van der Waals surface area (Å²) in [4.78, 5) is 12.2. The van der Waals surface area contributed by atoms with Crippen LogP contribution in [0.5, 0.6) is 5.75 Å². The molecule has 0 heterocycles. The molecule has 0 aromatic heterocycles. The second-order valence-corrected chi connectivity index (χ2v) is 8.68. The molecule has 2 N–H and O–H groups in total. The van der Waals surface area contributed by atoms with Crippen LogP contribution in [0.1, 0.15) is 17.3 Å². The van der Waals surface area contributed by atoms with Crippen LogP contribution in [0.2, 0.25) is 0 Å². The first kappa shape index (κ1) is 21.8. The average molecular weight is 493 g/mol. The summed E-state index contributed by atoms with van der Waals surface area (Å²) >= 11 is 3.34. The summed E-state index contributed by atoms with van der Waals surface area (Å²) in [7, 11) is -3.92. The van der Waals surface area contributed by atoms with Gasteiger partial charge in [0, 0.05) is 5.69 Å². The molecule has 0 saturated carbocycles. The molecular weight excluding hydrogens is 475 g/mol. The molecule has 3 aromatic rings. The Morgan fingerprint density at radius 3 is 2.50 bits per heavy atom. The van der Waals surface area contributed by atoms with E-state index in [1.165, 1.54) is 48.5 Å². The molecule has 0 radical (unpaired) electrons. The molecule has 0 unspecified atom stereocenters. The van der Waals surface area contributed by atoms with Crippen LogP contribution in [-0.2, 0) is 10.0 Å². The molecule has 0 atom stereocenters. The van der Waals surface area contributed by atoms with Crippen molar-refractivity contribution in [2.24, 2.45) is 0 Å². The fraction of sp³-hybridized carbons (Fsp3) is 0.0952. The number of benzene rings is 3. The maximum Gasteiger partial charge on any atom is 0.261 e. The number of halogens is 2. The lowest BCUT2D eigenvalue weighted by molar-refractivity contribution is 0.102. The number of sulfonamides is 1. The Bertz CT molecular complexity index is 1190. The van der Waals surface area contributed by atoms with E-state index in [-0.39, 0.29) is 16.1 Å². The SMILES string of the molecule is CCOc1ccc(NS(=O)(=O)c2cccc(NC(=O)c3ccccc3F)c2)cc1Br. The van der Waals surface area contributed by atoms with E-state index in [1.54, 1.807) is 18.2 Å². The Balaban J connectivity index is 1.80. The fourth-order valence-corrected chi connectivity index (χ4v) is 4.22. The normalized spacial score (nSPS) is 11.0. The first-order valence-electron chi connectivity index (χ1n) is 8.91. The third-order valence-electron chi connectivity index (χ3n) is 4.00. The van der Waals surface area contributed by atoms with Gasteiger partial charge in [0.25, 0.3) is 15.9 Å². The van der Waals surface area contributed by atoms with Gasteiger partial charge in [-0.25, -0.2) is 12.8 Å². The maximum atomic E-state index is 13.8. The van der Waals surface area contributed by atoms with Crippen LogP contribution in [0.3, 0.4) is 0 Å². The number of anilines is 2. The lowest BCUT2D eigenvalue weighted by Gasteiger charge is -2.12. The van der Waals surface area contributed by atoms with Crippen molar-refractivity contribution in [3.05, 3.63) is 82.6 Å². The Morgan fingerprint density at radius 2 is 1.80 bits per heavy atom. The van der Waals surface area contributed by atoms with Crippen molar-refractivity contribution >= 4 is 43.2 Å². The first-order valence-corrected chi connectivity index (χ1v) is 11.2. The van der Waals surface area contributed by atoms with Crippen LogP contribution in [0.4, 0.5) is 15.8 Å². The van der Waals surface area contributed by atoms with E-state index < -0.39 is 21.7 Å². The van der Waals surface area contributed by atoms with E-state index in [2.05, 4.69) is 26.0 Å². The fourth-order valence-electron chi connectivity index (χ4n) is 2.64. The number of rotatable bonds is 7. The van der Waals surface area contributed by atoms with Gasteiger partial charge in [0.2, 0.25) is 0 Å². The van der Waals surface area contributed by atoms with Crippen LogP contribution in [0.15, 0.2) is 76.1 Å². The van der Waals surface area contributed by atoms with E-state index in [0.717, 1.165) is 0 Å². The molecule has 30 heavy (non-hydrogen) atoms. The number of amides is 1.